The number of nitrogens with two attached hydrogens (primary N) is 1. The first kappa shape index (κ1) is 47.5. The zero-order chi connectivity index (χ0) is 35.4. The highest BCUT2D eigenvalue weighted by molar-refractivity contribution is 7.47. The molecule has 48 heavy (non-hydrogen) atoms. The van der Waals surface area contributed by atoms with E-state index in [2.05, 4.69) is 19.2 Å². The summed E-state index contributed by atoms with van der Waals surface area (Å²) in [4.78, 5) is 22.6. The SMILES string of the molecule is CCCCCCCCCCCCCCCCCCCCCCC(=O)NC(COP(=O)(O)OCCN)C(O)CCCCCCCCCCC. The van der Waals surface area contributed by atoms with E-state index in [9.17, 15) is 19.4 Å². The number of carbonyl (C=O) groups excluding carboxylic acids is 1. The molecule has 0 bridgehead atoms. The van der Waals surface area contributed by atoms with E-state index in [4.69, 9.17) is 14.8 Å². The molecule has 0 radical (unpaired) electrons. The van der Waals surface area contributed by atoms with Crippen LogP contribution in [0, 0.1) is 0 Å². The maximum absolute atomic E-state index is 12.7. The van der Waals surface area contributed by atoms with E-state index in [-0.39, 0.29) is 25.7 Å². The van der Waals surface area contributed by atoms with Gasteiger partial charge in [-0.2, -0.15) is 0 Å². The maximum atomic E-state index is 12.7. The average Bonchev–Trinajstić information content (AvgIpc) is 3.07. The van der Waals surface area contributed by atoms with Gasteiger partial charge in [0.2, 0.25) is 5.91 Å². The van der Waals surface area contributed by atoms with Crippen molar-refractivity contribution in [3.8, 4) is 0 Å². The summed E-state index contributed by atoms with van der Waals surface area (Å²) in [5, 5.41) is 13.7. The molecule has 0 aromatic heterocycles. The van der Waals surface area contributed by atoms with Gasteiger partial charge >= 0.3 is 7.82 Å². The molecule has 0 aliphatic rings. The number of nitrogens with one attached hydrogen (secondary N) is 1. The molecule has 3 unspecified atom stereocenters. The summed E-state index contributed by atoms with van der Waals surface area (Å²) >= 11 is 0. The number of amides is 1. The van der Waals surface area contributed by atoms with Crippen LogP contribution in [-0.4, -0.2) is 47.8 Å². The molecule has 0 aliphatic heterocycles. The summed E-state index contributed by atoms with van der Waals surface area (Å²) in [6.07, 6.45) is 36.9. The zero-order valence-corrected chi connectivity index (χ0v) is 32.6. The minimum Gasteiger partial charge on any atom is -0.391 e. The van der Waals surface area contributed by atoms with E-state index in [1.54, 1.807) is 0 Å². The Balaban J connectivity index is 4.02. The molecule has 0 aromatic carbocycles. The van der Waals surface area contributed by atoms with Gasteiger partial charge in [-0.25, -0.2) is 4.57 Å². The molecule has 0 rings (SSSR count). The second-order valence-electron chi connectivity index (χ2n) is 14.2. The average molecular weight is 705 g/mol. The Hall–Kier alpha value is -0.500. The summed E-state index contributed by atoms with van der Waals surface area (Å²) in [7, 11) is -4.30. The number of phosphoric ester groups is 1. The smallest absolute Gasteiger partial charge is 0.391 e. The van der Waals surface area contributed by atoms with E-state index >= 15 is 0 Å². The molecule has 5 N–H and O–H groups in total. The van der Waals surface area contributed by atoms with Gasteiger partial charge in [0, 0.05) is 13.0 Å². The number of rotatable bonds is 39. The first-order chi connectivity index (χ1) is 23.4. The van der Waals surface area contributed by atoms with E-state index in [1.807, 2.05) is 0 Å². The van der Waals surface area contributed by atoms with Crippen molar-refractivity contribution >= 4 is 13.7 Å². The van der Waals surface area contributed by atoms with Crippen LogP contribution in [0.5, 0.6) is 0 Å². The summed E-state index contributed by atoms with van der Waals surface area (Å²) in [6.45, 7) is 4.20. The van der Waals surface area contributed by atoms with Gasteiger partial charge < -0.3 is 21.1 Å². The van der Waals surface area contributed by atoms with Gasteiger partial charge in [0.05, 0.1) is 25.4 Å². The molecule has 0 saturated heterocycles. The van der Waals surface area contributed by atoms with Crippen molar-refractivity contribution in [2.45, 2.75) is 225 Å². The van der Waals surface area contributed by atoms with Crippen LogP contribution < -0.4 is 11.1 Å². The molecule has 0 spiro atoms. The van der Waals surface area contributed by atoms with Crippen molar-refractivity contribution < 1.29 is 28.4 Å². The van der Waals surface area contributed by atoms with Gasteiger partial charge in [-0.3, -0.25) is 13.8 Å². The number of aliphatic hydroxyl groups excluding tert-OH is 1. The van der Waals surface area contributed by atoms with E-state index in [1.165, 1.54) is 148 Å². The highest BCUT2D eigenvalue weighted by Gasteiger charge is 2.27. The molecule has 9 heteroatoms. The van der Waals surface area contributed by atoms with Gasteiger partial charge in [-0.05, 0) is 12.8 Å². The molecular formula is C39H81N2O6P. The van der Waals surface area contributed by atoms with Gasteiger partial charge in [0.15, 0.2) is 0 Å². The Morgan fingerprint density at radius 2 is 0.958 bits per heavy atom. The fourth-order valence-corrected chi connectivity index (χ4v) is 7.07. The van der Waals surface area contributed by atoms with Crippen LogP contribution >= 0.6 is 7.82 Å². The number of phosphoric acid groups is 1. The molecule has 288 valence electrons. The highest BCUT2D eigenvalue weighted by atomic mass is 31.2. The predicted molar refractivity (Wildman–Crippen MR) is 203 cm³/mol. The Labute approximate surface area is 297 Å². The quantitative estimate of drug-likeness (QED) is 0.0370. The highest BCUT2D eigenvalue weighted by Crippen LogP contribution is 2.43. The van der Waals surface area contributed by atoms with Crippen molar-refractivity contribution in [3.63, 3.8) is 0 Å². The number of hydrogen-bond donors (Lipinski definition) is 4. The van der Waals surface area contributed by atoms with Gasteiger partial charge in [-0.15, -0.1) is 0 Å². The second kappa shape index (κ2) is 36.3. The normalized spacial score (nSPS) is 14.2. The van der Waals surface area contributed by atoms with Crippen LogP contribution in [0.1, 0.15) is 213 Å². The Morgan fingerprint density at radius 3 is 1.33 bits per heavy atom. The minimum atomic E-state index is -4.30. The summed E-state index contributed by atoms with van der Waals surface area (Å²) in [5.74, 6) is -0.159. The molecule has 0 aromatic rings. The fraction of sp³-hybridized carbons (Fsp3) is 0.974. The Kier molecular flexibility index (Phi) is 35.9. The third-order valence-electron chi connectivity index (χ3n) is 9.46. The lowest BCUT2D eigenvalue weighted by Gasteiger charge is -2.25. The van der Waals surface area contributed by atoms with E-state index in [0.29, 0.717) is 12.8 Å². The van der Waals surface area contributed by atoms with E-state index < -0.39 is 20.0 Å². The lowest BCUT2D eigenvalue weighted by Crippen LogP contribution is -2.46. The summed E-state index contributed by atoms with van der Waals surface area (Å²) in [5.41, 5.74) is 5.36. The molecule has 8 nitrogen and oxygen atoms in total. The van der Waals surface area contributed by atoms with Crippen LogP contribution in [0.25, 0.3) is 0 Å². The van der Waals surface area contributed by atoms with Gasteiger partial charge in [-0.1, -0.05) is 194 Å². The second-order valence-corrected chi connectivity index (χ2v) is 15.7. The monoisotopic (exact) mass is 705 g/mol. The Morgan fingerprint density at radius 1 is 0.604 bits per heavy atom. The van der Waals surface area contributed by atoms with Crippen LogP contribution in [0.15, 0.2) is 0 Å². The van der Waals surface area contributed by atoms with Crippen molar-refractivity contribution in [1.29, 1.82) is 0 Å². The molecule has 0 heterocycles. The first-order valence-electron chi connectivity index (χ1n) is 20.7. The summed E-state index contributed by atoms with van der Waals surface area (Å²) in [6, 6.07) is -0.765. The fourth-order valence-electron chi connectivity index (χ4n) is 6.31. The molecule has 0 aliphatic carbocycles. The molecule has 3 atom stereocenters. The predicted octanol–water partition coefficient (Wildman–Crippen LogP) is 11.1. The van der Waals surface area contributed by atoms with Crippen molar-refractivity contribution in [2.75, 3.05) is 19.8 Å². The minimum absolute atomic E-state index is 0.0920. The third-order valence-corrected chi connectivity index (χ3v) is 10.4. The Bertz CT molecular complexity index is 729. The number of unbranched alkanes of at least 4 members (excludes halogenated alkanes) is 27. The van der Waals surface area contributed by atoms with Crippen LogP contribution in [0.3, 0.4) is 0 Å². The molecular weight excluding hydrogens is 623 g/mol. The van der Waals surface area contributed by atoms with Crippen molar-refractivity contribution in [1.82, 2.24) is 5.32 Å². The molecule has 0 fully saturated rings. The lowest BCUT2D eigenvalue weighted by atomic mass is 10.0. The van der Waals surface area contributed by atoms with Crippen molar-refractivity contribution in [3.05, 3.63) is 0 Å². The lowest BCUT2D eigenvalue weighted by molar-refractivity contribution is -0.123. The topological polar surface area (TPSA) is 131 Å². The number of carbonyl (C=O) groups is 1. The molecule has 1 amide bonds. The van der Waals surface area contributed by atoms with Gasteiger partial charge in [0.1, 0.15) is 0 Å². The van der Waals surface area contributed by atoms with Crippen LogP contribution in [0.2, 0.25) is 0 Å². The van der Waals surface area contributed by atoms with Crippen LogP contribution in [0.4, 0.5) is 0 Å². The standard InChI is InChI=1S/C39H81N2O6P/c1-3-5-7-9-11-13-14-15-16-17-18-19-20-21-22-23-25-27-29-31-33-39(43)41-37(36-47-48(44,45)46-35-34-40)38(42)32-30-28-26-24-12-10-8-6-4-2/h37-38,42H,3-36,40H2,1-2H3,(H,41,43)(H,44,45). The largest absolute Gasteiger partial charge is 0.472 e. The first-order valence-corrected chi connectivity index (χ1v) is 22.1. The molecule has 0 saturated carbocycles. The van der Waals surface area contributed by atoms with Gasteiger partial charge in [0.25, 0.3) is 0 Å². The number of aliphatic hydroxyl groups is 1. The number of hydrogen-bond acceptors (Lipinski definition) is 6. The third kappa shape index (κ3) is 34.0. The zero-order valence-electron chi connectivity index (χ0n) is 31.7. The summed E-state index contributed by atoms with van der Waals surface area (Å²) < 4.78 is 22.1. The van der Waals surface area contributed by atoms with Crippen LogP contribution in [-0.2, 0) is 18.4 Å². The van der Waals surface area contributed by atoms with E-state index in [0.717, 1.165) is 38.5 Å². The maximum Gasteiger partial charge on any atom is 0.472 e. The van der Waals surface area contributed by atoms with Crippen molar-refractivity contribution in [2.24, 2.45) is 5.73 Å².